The van der Waals surface area contributed by atoms with Crippen LogP contribution in [0.5, 0.6) is 0 Å². The van der Waals surface area contributed by atoms with Crippen molar-refractivity contribution in [3.63, 3.8) is 0 Å². The molecular formula is Au4. The summed E-state index contributed by atoms with van der Waals surface area (Å²) in [4.78, 5) is 0. The summed E-state index contributed by atoms with van der Waals surface area (Å²) in [6.07, 6.45) is 0. The predicted molar refractivity (Wildman–Crippen MR) is 0 cm³/mol. The van der Waals surface area contributed by atoms with Gasteiger partial charge in [0.1, 0.15) is 0 Å². The Morgan fingerprint density at radius 1 is 0.250 bits per heavy atom. The molecule has 0 saturated heterocycles. The van der Waals surface area contributed by atoms with E-state index in [4.69, 9.17) is 0 Å². The second-order valence-electron chi connectivity index (χ2n) is 0. The molecule has 0 aliphatic rings. The fraction of sp³-hybridized carbons (Fsp3) is 0. The van der Waals surface area contributed by atoms with Gasteiger partial charge in [-0.25, -0.2) is 0 Å². The van der Waals surface area contributed by atoms with E-state index < -0.39 is 0 Å². The molecule has 0 aromatic rings. The van der Waals surface area contributed by atoms with Crippen molar-refractivity contribution in [2.75, 3.05) is 0 Å². The summed E-state index contributed by atoms with van der Waals surface area (Å²) in [7, 11) is 0. The van der Waals surface area contributed by atoms with E-state index in [0.717, 1.165) is 0 Å². The summed E-state index contributed by atoms with van der Waals surface area (Å²) >= 11 is 0. The van der Waals surface area contributed by atoms with Gasteiger partial charge < -0.3 is 0 Å². The third kappa shape index (κ3) is 8.88. The van der Waals surface area contributed by atoms with E-state index in [2.05, 4.69) is 0 Å². The van der Waals surface area contributed by atoms with Gasteiger partial charge in [0, 0.05) is 89.5 Å². The van der Waals surface area contributed by atoms with Crippen LogP contribution in [-0.4, -0.2) is 0 Å². The first kappa shape index (κ1) is 28.2. The smallest absolute Gasteiger partial charge is 0 e. The Labute approximate surface area is 87.9 Å². The van der Waals surface area contributed by atoms with E-state index in [1.807, 2.05) is 0 Å². The first-order valence-corrected chi connectivity index (χ1v) is 0. The average molecular weight is 788 g/mol. The fourth-order valence-electron chi connectivity index (χ4n) is 0. The van der Waals surface area contributed by atoms with Gasteiger partial charge in [-0.1, -0.05) is 0 Å². The van der Waals surface area contributed by atoms with Crippen molar-refractivity contribution in [2.24, 2.45) is 0 Å². The summed E-state index contributed by atoms with van der Waals surface area (Å²) in [6, 6.07) is 0. The molecule has 4 radical (unpaired) electrons. The molecule has 0 fully saturated rings. The van der Waals surface area contributed by atoms with Crippen molar-refractivity contribution in [1.29, 1.82) is 0 Å². The minimum Gasteiger partial charge on any atom is 0 e. The number of hydrogen-bond donors (Lipinski definition) is 0. The largest absolute Gasteiger partial charge is 0 e. The van der Waals surface area contributed by atoms with Gasteiger partial charge in [0.05, 0.1) is 0 Å². The van der Waals surface area contributed by atoms with Crippen LogP contribution in [0.15, 0.2) is 0 Å². The molecule has 4 heavy (non-hydrogen) atoms. The second-order valence-corrected chi connectivity index (χ2v) is 0. The van der Waals surface area contributed by atoms with Crippen LogP contribution in [0.2, 0.25) is 0 Å². The zero-order chi connectivity index (χ0) is 0. The summed E-state index contributed by atoms with van der Waals surface area (Å²) in [5, 5.41) is 0. The molecule has 4 heteroatoms. The molecule has 0 aromatic carbocycles. The van der Waals surface area contributed by atoms with Crippen molar-refractivity contribution >= 4 is 0 Å². The van der Waals surface area contributed by atoms with E-state index in [9.17, 15) is 0 Å². The van der Waals surface area contributed by atoms with Crippen LogP contribution in [0, 0.1) is 0 Å². The Bertz CT molecular complexity index is 0. The molecule has 0 spiro atoms. The molecule has 0 saturated carbocycles. The molecule has 0 N–H and O–H groups in total. The first-order chi connectivity index (χ1) is 0. The Kier molecular flexibility index (Phi) is 118. The second kappa shape index (κ2) is 16.7. The van der Waals surface area contributed by atoms with Crippen LogP contribution in [-0.2, 0) is 89.5 Å². The Hall–Kier alpha value is 2.96. The molecule has 0 heterocycles. The first-order valence-electron chi connectivity index (χ1n) is 0. The Morgan fingerprint density at radius 3 is 0.250 bits per heavy atom. The quantitative estimate of drug-likeness (QED) is 0.304. The maximum atomic E-state index is 0. The van der Waals surface area contributed by atoms with Gasteiger partial charge in [-0.2, -0.15) is 0 Å². The van der Waals surface area contributed by atoms with Crippen molar-refractivity contribution in [3.8, 4) is 0 Å². The topological polar surface area (TPSA) is 0 Å². The van der Waals surface area contributed by atoms with Gasteiger partial charge >= 0.3 is 0 Å². The standard InChI is InChI=1S/4Au. The third-order valence-corrected chi connectivity index (χ3v) is 0. The van der Waals surface area contributed by atoms with E-state index in [-0.39, 0.29) is 89.5 Å². The molecule has 0 bridgehead atoms. The van der Waals surface area contributed by atoms with E-state index in [1.165, 1.54) is 0 Å². The van der Waals surface area contributed by atoms with Crippen molar-refractivity contribution in [3.05, 3.63) is 0 Å². The van der Waals surface area contributed by atoms with Gasteiger partial charge in [-0.3, -0.25) is 0 Å². The monoisotopic (exact) mass is 788 g/mol. The van der Waals surface area contributed by atoms with Crippen LogP contribution in [0.4, 0.5) is 0 Å². The molecule has 0 aromatic heterocycles. The summed E-state index contributed by atoms with van der Waals surface area (Å²) in [5.41, 5.74) is 0. The van der Waals surface area contributed by atoms with E-state index in [0.29, 0.717) is 0 Å². The summed E-state index contributed by atoms with van der Waals surface area (Å²) in [5.74, 6) is 0. The molecular weight excluding hydrogens is 788 g/mol. The van der Waals surface area contributed by atoms with E-state index >= 15 is 0 Å². The Morgan fingerprint density at radius 2 is 0.250 bits per heavy atom. The van der Waals surface area contributed by atoms with Crippen molar-refractivity contribution in [1.82, 2.24) is 0 Å². The zero-order valence-corrected chi connectivity index (χ0v) is 9.87. The van der Waals surface area contributed by atoms with Gasteiger partial charge in [-0.05, 0) is 0 Å². The molecule has 44 valence electrons. The maximum absolute atomic E-state index is 0. The minimum atomic E-state index is 0. The molecule has 0 nitrogen and oxygen atoms in total. The van der Waals surface area contributed by atoms with Gasteiger partial charge in [0.25, 0.3) is 0 Å². The van der Waals surface area contributed by atoms with Crippen LogP contribution in [0.1, 0.15) is 0 Å². The van der Waals surface area contributed by atoms with Crippen molar-refractivity contribution < 1.29 is 89.5 Å². The predicted octanol–water partition coefficient (Wildman–Crippen LogP) is -0.0100. The van der Waals surface area contributed by atoms with Crippen LogP contribution >= 0.6 is 0 Å². The maximum Gasteiger partial charge on any atom is 0 e. The summed E-state index contributed by atoms with van der Waals surface area (Å²) in [6.45, 7) is 0. The molecule has 0 rings (SSSR count). The molecule has 0 atom stereocenters. The minimum absolute atomic E-state index is 0. The SMILES string of the molecule is [Au].[Au].[Au].[Au]. The summed E-state index contributed by atoms with van der Waals surface area (Å²) < 4.78 is 0. The number of hydrogen-bond acceptors (Lipinski definition) is 0. The third-order valence-electron chi connectivity index (χ3n) is 0. The molecule has 0 aliphatic carbocycles. The van der Waals surface area contributed by atoms with Gasteiger partial charge in [0.2, 0.25) is 0 Å². The van der Waals surface area contributed by atoms with Gasteiger partial charge in [0.15, 0.2) is 0 Å². The van der Waals surface area contributed by atoms with Crippen molar-refractivity contribution in [2.45, 2.75) is 0 Å². The van der Waals surface area contributed by atoms with Crippen LogP contribution < -0.4 is 0 Å². The van der Waals surface area contributed by atoms with Crippen LogP contribution in [0.25, 0.3) is 0 Å². The Balaban J connectivity index is 0. The number of rotatable bonds is 0. The normalized spacial score (nSPS) is 0. The van der Waals surface area contributed by atoms with E-state index in [1.54, 1.807) is 0 Å². The van der Waals surface area contributed by atoms with Gasteiger partial charge in [-0.15, -0.1) is 0 Å². The van der Waals surface area contributed by atoms with Crippen LogP contribution in [0.3, 0.4) is 0 Å². The molecule has 0 amide bonds. The fourth-order valence-corrected chi connectivity index (χ4v) is 0. The average Bonchev–Trinajstić information content (AvgIpc) is 0. The molecule has 0 aliphatic heterocycles. The zero-order valence-electron chi connectivity index (χ0n) is 1.21. The molecule has 0 unspecified atom stereocenters.